The van der Waals surface area contributed by atoms with Gasteiger partial charge in [-0.1, -0.05) is 30.3 Å². The summed E-state index contributed by atoms with van der Waals surface area (Å²) in [4.78, 5) is 28.3. The van der Waals surface area contributed by atoms with E-state index in [-0.39, 0.29) is 30.1 Å². The average Bonchev–Trinajstić information content (AvgIpc) is 3.13. The molecule has 1 saturated heterocycles. The lowest BCUT2D eigenvalue weighted by atomic mass is 9.95. The third-order valence-corrected chi connectivity index (χ3v) is 6.12. The van der Waals surface area contributed by atoms with Crippen LogP contribution in [0.3, 0.4) is 0 Å². The van der Waals surface area contributed by atoms with Crippen molar-refractivity contribution in [2.24, 2.45) is 0 Å². The number of carbonyl (C=O) groups is 2. The number of benzene rings is 3. The number of hydrogen-bond donors (Lipinski definition) is 1. The molecule has 1 atom stereocenters. The van der Waals surface area contributed by atoms with Gasteiger partial charge in [0.1, 0.15) is 23.0 Å². The lowest BCUT2D eigenvalue weighted by Crippen LogP contribution is -2.29. The maximum Gasteiger partial charge on any atom is 0.295 e. The van der Waals surface area contributed by atoms with Crippen LogP contribution >= 0.6 is 0 Å². The van der Waals surface area contributed by atoms with Crippen LogP contribution in [0.4, 0.5) is 0 Å². The summed E-state index contributed by atoms with van der Waals surface area (Å²) in [5.74, 6) is 0.157. The Morgan fingerprint density at radius 3 is 2.18 bits per heavy atom. The summed E-state index contributed by atoms with van der Waals surface area (Å²) in [6.07, 6.45) is -0.0631. The van der Waals surface area contributed by atoms with Gasteiger partial charge < -0.3 is 24.2 Å². The van der Waals surface area contributed by atoms with Gasteiger partial charge in [0.05, 0.1) is 37.5 Å². The molecule has 1 unspecified atom stereocenters. The predicted molar refractivity (Wildman–Crippen MR) is 145 cm³/mol. The Balaban J connectivity index is 1.83. The average molecular weight is 516 g/mol. The van der Waals surface area contributed by atoms with E-state index in [0.29, 0.717) is 28.4 Å². The minimum Gasteiger partial charge on any atom is -0.507 e. The molecular weight excluding hydrogens is 482 g/mol. The normalized spacial score (nSPS) is 16.8. The van der Waals surface area contributed by atoms with E-state index in [2.05, 4.69) is 0 Å². The summed E-state index contributed by atoms with van der Waals surface area (Å²) in [6, 6.07) is 20.6. The quantitative estimate of drug-likeness (QED) is 0.217. The van der Waals surface area contributed by atoms with Crippen molar-refractivity contribution in [1.29, 1.82) is 0 Å². The van der Waals surface area contributed by atoms with Gasteiger partial charge in [0.15, 0.2) is 0 Å². The number of ketones is 1. The molecule has 4 rings (SSSR count). The zero-order valence-corrected chi connectivity index (χ0v) is 22.3. The molecule has 7 heteroatoms. The van der Waals surface area contributed by atoms with Gasteiger partial charge in [-0.25, -0.2) is 0 Å². The first kappa shape index (κ1) is 26.8. The first-order valence-electron chi connectivity index (χ1n) is 12.6. The van der Waals surface area contributed by atoms with Crippen molar-refractivity contribution in [1.82, 2.24) is 4.90 Å². The molecule has 1 aliphatic heterocycles. The molecular formula is C31H33NO6. The molecule has 0 aromatic heterocycles. The van der Waals surface area contributed by atoms with Gasteiger partial charge in [0.25, 0.3) is 11.7 Å². The molecule has 1 heterocycles. The summed E-state index contributed by atoms with van der Waals surface area (Å²) in [5, 5.41) is 11.4. The van der Waals surface area contributed by atoms with E-state index in [0.717, 1.165) is 5.56 Å². The number of aliphatic hydroxyl groups excluding tert-OH is 1. The number of rotatable bonds is 9. The molecule has 3 aromatic carbocycles. The topological polar surface area (TPSA) is 85.3 Å². The second-order valence-corrected chi connectivity index (χ2v) is 9.67. The van der Waals surface area contributed by atoms with E-state index in [4.69, 9.17) is 14.2 Å². The summed E-state index contributed by atoms with van der Waals surface area (Å²) >= 11 is 0. The smallest absolute Gasteiger partial charge is 0.295 e. The number of amides is 1. The number of para-hydroxylation sites is 1. The van der Waals surface area contributed by atoms with Crippen LogP contribution < -0.4 is 14.2 Å². The van der Waals surface area contributed by atoms with Crippen molar-refractivity contribution in [2.75, 3.05) is 7.11 Å². The number of likely N-dealkylation sites (tertiary alicyclic amines) is 1. The number of ether oxygens (including phenoxy) is 3. The van der Waals surface area contributed by atoms with E-state index in [1.807, 2.05) is 64.1 Å². The van der Waals surface area contributed by atoms with E-state index in [1.54, 1.807) is 43.5 Å². The summed E-state index contributed by atoms with van der Waals surface area (Å²) < 4.78 is 17.1. The van der Waals surface area contributed by atoms with Crippen LogP contribution in [0.25, 0.3) is 5.76 Å². The molecule has 0 bridgehead atoms. The third kappa shape index (κ3) is 5.67. The van der Waals surface area contributed by atoms with Crippen molar-refractivity contribution in [2.45, 2.75) is 52.5 Å². The van der Waals surface area contributed by atoms with Crippen LogP contribution in [0.15, 0.2) is 78.4 Å². The van der Waals surface area contributed by atoms with Crippen molar-refractivity contribution in [3.63, 3.8) is 0 Å². The Morgan fingerprint density at radius 2 is 1.53 bits per heavy atom. The first-order valence-corrected chi connectivity index (χ1v) is 12.6. The van der Waals surface area contributed by atoms with Gasteiger partial charge in [0.2, 0.25) is 0 Å². The fraction of sp³-hybridized carbons (Fsp3) is 0.290. The number of aliphatic hydroxyl groups is 1. The predicted octanol–water partition coefficient (Wildman–Crippen LogP) is 5.89. The number of hydrogen-bond acceptors (Lipinski definition) is 6. The second-order valence-electron chi connectivity index (χ2n) is 9.67. The van der Waals surface area contributed by atoms with Crippen LogP contribution in [0.5, 0.6) is 17.2 Å². The second kappa shape index (κ2) is 11.4. The molecule has 7 nitrogen and oxygen atoms in total. The number of carbonyl (C=O) groups excluding carboxylic acids is 2. The van der Waals surface area contributed by atoms with Crippen molar-refractivity contribution >= 4 is 17.4 Å². The van der Waals surface area contributed by atoms with E-state index in [9.17, 15) is 14.7 Å². The summed E-state index contributed by atoms with van der Waals surface area (Å²) in [5.41, 5.74) is 1.82. The lowest BCUT2D eigenvalue weighted by Gasteiger charge is -2.26. The van der Waals surface area contributed by atoms with Gasteiger partial charge in [-0.15, -0.1) is 0 Å². The van der Waals surface area contributed by atoms with Crippen LogP contribution in [0.2, 0.25) is 0 Å². The summed E-state index contributed by atoms with van der Waals surface area (Å²) in [7, 11) is 1.56. The highest BCUT2D eigenvalue weighted by molar-refractivity contribution is 6.46. The van der Waals surface area contributed by atoms with Gasteiger partial charge in [-0.3, -0.25) is 9.59 Å². The Labute approximate surface area is 223 Å². The fourth-order valence-electron chi connectivity index (χ4n) is 4.56. The van der Waals surface area contributed by atoms with Crippen LogP contribution in [-0.4, -0.2) is 41.0 Å². The lowest BCUT2D eigenvalue weighted by molar-refractivity contribution is -0.140. The molecule has 1 aliphatic rings. The van der Waals surface area contributed by atoms with Crippen LogP contribution in [0, 0.1) is 0 Å². The molecule has 0 aliphatic carbocycles. The SMILES string of the molecule is COc1ccccc1CN1C(=O)C(=O)/C(=C(\O)c2ccc(OC(C)C)cc2)C1c1cccc(OC(C)C)c1. The zero-order valence-electron chi connectivity index (χ0n) is 22.3. The standard InChI is InChI=1S/C31H33NO6/c1-19(2)37-24-15-13-21(14-16-24)29(33)27-28(22-10-8-11-25(17-22)38-20(3)4)32(31(35)30(27)34)18-23-9-6-7-12-26(23)36-5/h6-17,19-20,28,33H,18H2,1-5H3/b29-27-. The highest BCUT2D eigenvalue weighted by Gasteiger charge is 2.46. The molecule has 1 amide bonds. The molecule has 38 heavy (non-hydrogen) atoms. The van der Waals surface area contributed by atoms with Gasteiger partial charge in [0, 0.05) is 11.1 Å². The Morgan fingerprint density at radius 1 is 0.868 bits per heavy atom. The molecule has 1 fully saturated rings. The molecule has 3 aromatic rings. The largest absolute Gasteiger partial charge is 0.507 e. The molecule has 0 saturated carbocycles. The third-order valence-electron chi connectivity index (χ3n) is 6.12. The fourth-order valence-corrected chi connectivity index (χ4v) is 4.56. The molecule has 0 radical (unpaired) electrons. The van der Waals surface area contributed by atoms with Crippen molar-refractivity contribution in [3.8, 4) is 17.2 Å². The monoisotopic (exact) mass is 515 g/mol. The van der Waals surface area contributed by atoms with Gasteiger partial charge in [-0.2, -0.15) is 0 Å². The van der Waals surface area contributed by atoms with Gasteiger partial charge in [-0.05, 0) is 75.7 Å². The highest BCUT2D eigenvalue weighted by Crippen LogP contribution is 2.42. The molecule has 0 spiro atoms. The molecule has 1 N–H and O–H groups in total. The van der Waals surface area contributed by atoms with E-state index < -0.39 is 17.7 Å². The minimum absolute atomic E-state index is 0.00455. The minimum atomic E-state index is -0.831. The first-order chi connectivity index (χ1) is 18.2. The zero-order chi connectivity index (χ0) is 27.4. The van der Waals surface area contributed by atoms with Crippen molar-refractivity contribution in [3.05, 3.63) is 95.1 Å². The van der Waals surface area contributed by atoms with Crippen molar-refractivity contribution < 1.29 is 28.9 Å². The maximum absolute atomic E-state index is 13.4. The van der Waals surface area contributed by atoms with E-state index >= 15 is 0 Å². The summed E-state index contributed by atoms with van der Waals surface area (Å²) in [6.45, 7) is 7.81. The Hall–Kier alpha value is -4.26. The highest BCUT2D eigenvalue weighted by atomic mass is 16.5. The van der Waals surface area contributed by atoms with Crippen LogP contribution in [0.1, 0.15) is 50.4 Å². The molecule has 198 valence electrons. The Kier molecular flexibility index (Phi) is 8.05. The van der Waals surface area contributed by atoms with E-state index in [1.165, 1.54) is 4.90 Å². The Bertz CT molecular complexity index is 1340. The van der Waals surface area contributed by atoms with Crippen LogP contribution in [-0.2, 0) is 16.1 Å². The number of methoxy groups -OCH3 is 1. The van der Waals surface area contributed by atoms with Gasteiger partial charge >= 0.3 is 0 Å². The number of nitrogens with zero attached hydrogens (tertiary/aromatic N) is 1. The maximum atomic E-state index is 13.4. The number of Topliss-reactive ketones (excluding diaryl/α,β-unsaturated/α-hetero) is 1.